The molecular weight excluding hydrogens is 402 g/mol. The number of carbonyl (C=O) groups excluding carboxylic acids is 2. The number of anilines is 1. The zero-order valence-electron chi connectivity index (χ0n) is 15.4. The number of thioether (sulfide) groups is 1. The molecule has 142 valence electrons. The van der Waals surface area contributed by atoms with Crippen LogP contribution in [0.1, 0.15) is 11.1 Å². The van der Waals surface area contributed by atoms with Crippen LogP contribution in [-0.2, 0) is 4.79 Å². The lowest BCUT2D eigenvalue weighted by Crippen LogP contribution is -2.17. The average molecular weight is 418 g/mol. The van der Waals surface area contributed by atoms with E-state index in [2.05, 4.69) is 23.3 Å². The van der Waals surface area contributed by atoms with Crippen LogP contribution in [0.5, 0.6) is 0 Å². The zero-order valence-corrected chi connectivity index (χ0v) is 17.0. The Morgan fingerprint density at radius 1 is 1.07 bits per heavy atom. The van der Waals surface area contributed by atoms with E-state index in [9.17, 15) is 9.59 Å². The number of fused-ring (bicyclic) bond motifs is 2. The van der Waals surface area contributed by atoms with E-state index >= 15 is 0 Å². The molecule has 1 aliphatic rings. The van der Waals surface area contributed by atoms with Crippen LogP contribution in [0.2, 0.25) is 0 Å². The third kappa shape index (κ3) is 3.08. The summed E-state index contributed by atoms with van der Waals surface area (Å²) in [4.78, 5) is 29.4. The van der Waals surface area contributed by atoms with Gasteiger partial charge in [0, 0.05) is 32.4 Å². The predicted molar refractivity (Wildman–Crippen MR) is 121 cm³/mol. The third-order valence-corrected chi connectivity index (χ3v) is 7.01. The molecule has 0 saturated carbocycles. The highest BCUT2D eigenvalue weighted by Gasteiger charge is 2.25. The third-order valence-electron chi connectivity index (χ3n) is 4.91. The molecule has 0 bridgehead atoms. The highest BCUT2D eigenvalue weighted by Crippen LogP contribution is 2.41. The van der Waals surface area contributed by atoms with Crippen molar-refractivity contribution < 1.29 is 9.59 Å². The molecule has 29 heavy (non-hydrogen) atoms. The Bertz CT molecular complexity index is 1370. The Balaban J connectivity index is 1.69. The normalized spacial score (nSPS) is 15.6. The minimum atomic E-state index is -0.357. The standard InChI is InChI=1S/C22H15N3O2S2/c1-11-14-4-3-13(23)10-18(14)28-20(11)15-6-7-24-17-5-2-12(8-16(15)17)9-19-21(26)25-22(27)29-19/h2-10H,23H2,1H3,(H,25,26,27)/b19-9-. The van der Waals surface area contributed by atoms with Gasteiger partial charge in [-0.1, -0.05) is 12.1 Å². The molecule has 0 spiro atoms. The van der Waals surface area contributed by atoms with Crippen molar-refractivity contribution in [2.45, 2.75) is 6.92 Å². The van der Waals surface area contributed by atoms with E-state index in [0.29, 0.717) is 4.91 Å². The van der Waals surface area contributed by atoms with Gasteiger partial charge in [0.25, 0.3) is 11.1 Å². The second-order valence-electron chi connectivity index (χ2n) is 6.80. The number of amides is 2. The first-order valence-electron chi connectivity index (χ1n) is 8.92. The predicted octanol–water partition coefficient (Wildman–Crippen LogP) is 5.33. The Hall–Kier alpha value is -3.16. The highest BCUT2D eigenvalue weighted by atomic mass is 32.2. The van der Waals surface area contributed by atoms with Gasteiger partial charge in [-0.3, -0.25) is 19.9 Å². The number of aromatic nitrogens is 1. The summed E-state index contributed by atoms with van der Waals surface area (Å²) in [5, 5.41) is 4.14. The summed E-state index contributed by atoms with van der Waals surface area (Å²) < 4.78 is 1.15. The van der Waals surface area contributed by atoms with E-state index in [-0.39, 0.29) is 11.1 Å². The molecule has 2 amide bonds. The number of pyridine rings is 1. The average Bonchev–Trinajstić information content (AvgIpc) is 3.19. The van der Waals surface area contributed by atoms with Gasteiger partial charge in [-0.25, -0.2) is 0 Å². The van der Waals surface area contributed by atoms with Crippen molar-refractivity contribution >= 4 is 67.0 Å². The van der Waals surface area contributed by atoms with Gasteiger partial charge in [0.05, 0.1) is 10.4 Å². The van der Waals surface area contributed by atoms with Crippen LogP contribution in [-0.4, -0.2) is 16.1 Å². The molecule has 1 aliphatic heterocycles. The molecule has 7 heteroatoms. The number of hydrogen-bond donors (Lipinski definition) is 2. The zero-order chi connectivity index (χ0) is 20.1. The van der Waals surface area contributed by atoms with Crippen LogP contribution >= 0.6 is 23.1 Å². The lowest BCUT2D eigenvalue weighted by atomic mass is 10.0. The Morgan fingerprint density at radius 2 is 1.93 bits per heavy atom. The van der Waals surface area contributed by atoms with Crippen LogP contribution in [0, 0.1) is 6.92 Å². The van der Waals surface area contributed by atoms with Gasteiger partial charge >= 0.3 is 0 Å². The second-order valence-corrected chi connectivity index (χ2v) is 8.87. The molecule has 0 unspecified atom stereocenters. The first-order valence-corrected chi connectivity index (χ1v) is 10.6. The van der Waals surface area contributed by atoms with Crippen molar-refractivity contribution in [1.82, 2.24) is 10.3 Å². The number of nitrogens with zero attached hydrogens (tertiary/aromatic N) is 1. The molecule has 2 aromatic heterocycles. The van der Waals surface area contributed by atoms with Crippen molar-refractivity contribution in [2.24, 2.45) is 0 Å². The molecule has 2 aromatic carbocycles. The van der Waals surface area contributed by atoms with Gasteiger partial charge in [-0.05, 0) is 71.6 Å². The summed E-state index contributed by atoms with van der Waals surface area (Å²) in [5.41, 5.74) is 10.7. The maximum Gasteiger partial charge on any atom is 0.290 e. The van der Waals surface area contributed by atoms with Crippen molar-refractivity contribution in [3.8, 4) is 10.4 Å². The summed E-state index contributed by atoms with van der Waals surface area (Å²) in [6.07, 6.45) is 3.55. The number of benzene rings is 2. The fourth-order valence-electron chi connectivity index (χ4n) is 3.52. The smallest absolute Gasteiger partial charge is 0.290 e. The maximum atomic E-state index is 11.9. The summed E-state index contributed by atoms with van der Waals surface area (Å²) in [6, 6.07) is 13.9. The second kappa shape index (κ2) is 6.72. The van der Waals surface area contributed by atoms with Crippen LogP contribution in [0.15, 0.2) is 53.6 Å². The summed E-state index contributed by atoms with van der Waals surface area (Å²) >= 11 is 2.63. The van der Waals surface area contributed by atoms with Gasteiger partial charge in [0.15, 0.2) is 0 Å². The lowest BCUT2D eigenvalue weighted by molar-refractivity contribution is -0.115. The fraction of sp³-hybridized carbons (Fsp3) is 0.0455. The number of hydrogen-bond acceptors (Lipinski definition) is 6. The van der Waals surface area contributed by atoms with Crippen LogP contribution in [0.4, 0.5) is 10.5 Å². The lowest BCUT2D eigenvalue weighted by Gasteiger charge is -2.07. The minimum Gasteiger partial charge on any atom is -0.399 e. The van der Waals surface area contributed by atoms with Crippen LogP contribution in [0.25, 0.3) is 37.5 Å². The number of rotatable bonds is 2. The van der Waals surface area contributed by atoms with Gasteiger partial charge in [-0.15, -0.1) is 11.3 Å². The Morgan fingerprint density at radius 3 is 2.72 bits per heavy atom. The fourth-order valence-corrected chi connectivity index (χ4v) is 5.50. The maximum absolute atomic E-state index is 11.9. The highest BCUT2D eigenvalue weighted by molar-refractivity contribution is 8.18. The molecule has 1 fully saturated rings. The molecule has 3 heterocycles. The Labute approximate surface area is 174 Å². The molecule has 4 aromatic rings. The quantitative estimate of drug-likeness (QED) is 0.340. The topological polar surface area (TPSA) is 85.1 Å². The monoisotopic (exact) mass is 417 g/mol. The Kier molecular flexibility index (Phi) is 4.15. The van der Waals surface area contributed by atoms with E-state index in [1.54, 1.807) is 17.4 Å². The van der Waals surface area contributed by atoms with Gasteiger partial charge in [0.1, 0.15) is 0 Å². The number of nitrogen functional groups attached to an aromatic ring is 1. The molecule has 3 N–H and O–H groups in total. The number of nitrogens with two attached hydrogens (primary N) is 1. The van der Waals surface area contributed by atoms with E-state index < -0.39 is 0 Å². The first kappa shape index (κ1) is 17.9. The molecule has 1 saturated heterocycles. The number of imide groups is 1. The molecule has 0 atom stereocenters. The molecule has 5 nitrogen and oxygen atoms in total. The number of nitrogens with one attached hydrogen (secondary N) is 1. The largest absolute Gasteiger partial charge is 0.399 e. The van der Waals surface area contributed by atoms with Crippen LogP contribution in [0.3, 0.4) is 0 Å². The molecule has 5 rings (SSSR count). The van der Waals surface area contributed by atoms with Gasteiger partial charge in [0.2, 0.25) is 0 Å². The molecular formula is C22H15N3O2S2. The van der Waals surface area contributed by atoms with Crippen molar-refractivity contribution in [3.63, 3.8) is 0 Å². The molecule has 0 radical (unpaired) electrons. The molecule has 0 aliphatic carbocycles. The number of aryl methyl sites for hydroxylation is 1. The van der Waals surface area contributed by atoms with Crippen molar-refractivity contribution in [3.05, 3.63) is 64.7 Å². The first-order chi connectivity index (χ1) is 14.0. The van der Waals surface area contributed by atoms with Gasteiger partial charge in [-0.2, -0.15) is 0 Å². The van der Waals surface area contributed by atoms with E-state index in [4.69, 9.17) is 5.73 Å². The van der Waals surface area contributed by atoms with E-state index in [1.165, 1.54) is 15.8 Å². The number of carbonyl (C=O) groups is 2. The van der Waals surface area contributed by atoms with Crippen LogP contribution < -0.4 is 11.1 Å². The SMILES string of the molecule is Cc1c(-c2ccnc3ccc(/C=C4\SC(=O)NC4=O)cc23)sc2cc(N)ccc12. The van der Waals surface area contributed by atoms with Gasteiger partial charge < -0.3 is 5.73 Å². The van der Waals surface area contributed by atoms with E-state index in [1.807, 2.05) is 42.6 Å². The van der Waals surface area contributed by atoms with Crippen molar-refractivity contribution in [2.75, 3.05) is 5.73 Å². The summed E-state index contributed by atoms with van der Waals surface area (Å²) in [5.74, 6) is -0.357. The summed E-state index contributed by atoms with van der Waals surface area (Å²) in [6.45, 7) is 2.12. The van der Waals surface area contributed by atoms with E-state index in [0.717, 1.165) is 44.2 Å². The van der Waals surface area contributed by atoms with Crippen molar-refractivity contribution in [1.29, 1.82) is 0 Å². The minimum absolute atomic E-state index is 0.343. The summed E-state index contributed by atoms with van der Waals surface area (Å²) in [7, 11) is 0. The number of thiophene rings is 1.